The highest BCUT2D eigenvalue weighted by Crippen LogP contribution is 2.23. The van der Waals surface area contributed by atoms with Gasteiger partial charge in [0, 0.05) is 31.6 Å². The van der Waals surface area contributed by atoms with E-state index in [-0.39, 0.29) is 24.5 Å². The summed E-state index contributed by atoms with van der Waals surface area (Å²) in [6.07, 6.45) is 4.08. The van der Waals surface area contributed by atoms with Crippen LogP contribution in [0.3, 0.4) is 0 Å². The van der Waals surface area contributed by atoms with Gasteiger partial charge in [-0.05, 0) is 32.1 Å². The zero-order chi connectivity index (χ0) is 16.1. The smallest absolute Gasteiger partial charge is 0.254 e. The second-order valence-corrected chi connectivity index (χ2v) is 6.27. The second-order valence-electron chi connectivity index (χ2n) is 6.27. The first-order chi connectivity index (χ1) is 10.5. The molecule has 0 aromatic carbocycles. The Morgan fingerprint density at radius 1 is 1.50 bits per heavy atom. The summed E-state index contributed by atoms with van der Waals surface area (Å²) in [5.74, 6) is 0.171. The van der Waals surface area contributed by atoms with Gasteiger partial charge in [0.15, 0.2) is 0 Å². The molecule has 1 atom stereocenters. The Morgan fingerprint density at radius 2 is 2.18 bits per heavy atom. The molecule has 2 N–H and O–H groups in total. The number of ether oxygens (including phenoxy) is 1. The van der Waals surface area contributed by atoms with Gasteiger partial charge in [0.2, 0.25) is 0 Å². The maximum Gasteiger partial charge on any atom is 0.254 e. The van der Waals surface area contributed by atoms with Gasteiger partial charge in [0.1, 0.15) is 0 Å². The molecule has 0 bridgehead atoms. The highest BCUT2D eigenvalue weighted by atomic mass is 16.5. The van der Waals surface area contributed by atoms with Gasteiger partial charge in [-0.2, -0.15) is 5.10 Å². The van der Waals surface area contributed by atoms with E-state index in [0.717, 1.165) is 31.7 Å². The van der Waals surface area contributed by atoms with Crippen molar-refractivity contribution < 1.29 is 14.6 Å². The number of carbonyl (C=O) groups excluding carboxylic acids is 1. The average Bonchev–Trinajstić information content (AvgIpc) is 2.89. The summed E-state index contributed by atoms with van der Waals surface area (Å²) in [5.41, 5.74) is 1.52. The maximum absolute atomic E-state index is 12.5. The van der Waals surface area contributed by atoms with E-state index in [1.54, 1.807) is 6.20 Å². The van der Waals surface area contributed by atoms with Crippen LogP contribution < -0.4 is 5.32 Å². The van der Waals surface area contributed by atoms with E-state index in [1.165, 1.54) is 0 Å². The maximum atomic E-state index is 12.5. The van der Waals surface area contributed by atoms with Crippen molar-refractivity contribution in [2.75, 3.05) is 19.8 Å². The van der Waals surface area contributed by atoms with E-state index < -0.39 is 0 Å². The molecule has 2 rings (SSSR count). The van der Waals surface area contributed by atoms with Crippen LogP contribution in [0.5, 0.6) is 0 Å². The number of hydrogen-bond acceptors (Lipinski definition) is 4. The molecule has 1 unspecified atom stereocenters. The first-order valence-corrected chi connectivity index (χ1v) is 8.08. The van der Waals surface area contributed by atoms with E-state index in [0.29, 0.717) is 18.0 Å². The molecule has 1 fully saturated rings. The fourth-order valence-electron chi connectivity index (χ4n) is 2.90. The zero-order valence-corrected chi connectivity index (χ0v) is 13.7. The number of rotatable bonds is 6. The van der Waals surface area contributed by atoms with Crippen LogP contribution in [0, 0.1) is 12.8 Å². The summed E-state index contributed by atoms with van der Waals surface area (Å²) >= 11 is 0. The van der Waals surface area contributed by atoms with Crippen molar-refractivity contribution in [3.8, 4) is 0 Å². The first-order valence-electron chi connectivity index (χ1n) is 8.08. The Hall–Kier alpha value is -1.40. The van der Waals surface area contributed by atoms with Crippen LogP contribution in [0.15, 0.2) is 6.20 Å². The predicted molar refractivity (Wildman–Crippen MR) is 83.8 cm³/mol. The highest BCUT2D eigenvalue weighted by Gasteiger charge is 2.23. The molecule has 2 heterocycles. The molecule has 1 aliphatic rings. The molecule has 1 aromatic rings. The molecule has 1 aliphatic heterocycles. The van der Waals surface area contributed by atoms with Gasteiger partial charge >= 0.3 is 0 Å². The van der Waals surface area contributed by atoms with E-state index in [9.17, 15) is 4.79 Å². The molecular weight excluding hydrogens is 282 g/mol. The van der Waals surface area contributed by atoms with Gasteiger partial charge < -0.3 is 15.2 Å². The minimum absolute atomic E-state index is 0.0247. The summed E-state index contributed by atoms with van der Waals surface area (Å²) in [5, 5.41) is 16.5. The largest absolute Gasteiger partial charge is 0.396 e. The minimum Gasteiger partial charge on any atom is -0.396 e. The van der Waals surface area contributed by atoms with Crippen LogP contribution >= 0.6 is 0 Å². The van der Waals surface area contributed by atoms with E-state index in [2.05, 4.69) is 10.4 Å². The Bertz CT molecular complexity index is 493. The third kappa shape index (κ3) is 3.87. The molecule has 0 saturated carbocycles. The second kappa shape index (κ2) is 7.74. The van der Waals surface area contributed by atoms with Crippen LogP contribution in [-0.2, 0) is 4.74 Å². The topological polar surface area (TPSA) is 76.4 Å². The Morgan fingerprint density at radius 3 is 2.77 bits per heavy atom. The molecule has 6 nitrogen and oxygen atoms in total. The summed E-state index contributed by atoms with van der Waals surface area (Å²) in [6, 6.07) is 0.289. The SMILES string of the molecule is Cc1c(C(=O)NC(CCO)C(C)C)cnn1C1CCOCC1. The first kappa shape index (κ1) is 17.0. The number of amides is 1. The fraction of sp³-hybridized carbons (Fsp3) is 0.750. The number of aromatic nitrogens is 2. The van der Waals surface area contributed by atoms with Crippen molar-refractivity contribution in [2.45, 2.75) is 52.1 Å². The molecule has 22 heavy (non-hydrogen) atoms. The molecule has 0 radical (unpaired) electrons. The number of nitrogens with zero attached hydrogens (tertiary/aromatic N) is 2. The quantitative estimate of drug-likeness (QED) is 0.838. The van der Waals surface area contributed by atoms with Crippen molar-refractivity contribution in [1.29, 1.82) is 0 Å². The number of nitrogens with one attached hydrogen (secondary N) is 1. The summed E-state index contributed by atoms with van der Waals surface area (Å²) < 4.78 is 7.33. The molecule has 0 spiro atoms. The van der Waals surface area contributed by atoms with Crippen molar-refractivity contribution in [3.05, 3.63) is 17.5 Å². The van der Waals surface area contributed by atoms with Crippen molar-refractivity contribution in [1.82, 2.24) is 15.1 Å². The standard InChI is InChI=1S/C16H27N3O3/c1-11(2)15(4-7-20)18-16(21)14-10-17-19(12(14)3)13-5-8-22-9-6-13/h10-11,13,15,20H,4-9H2,1-3H3,(H,18,21). The molecule has 1 aromatic heterocycles. The van der Waals surface area contributed by atoms with Gasteiger partial charge in [0.05, 0.1) is 17.8 Å². The average molecular weight is 309 g/mol. The Kier molecular flexibility index (Phi) is 5.97. The van der Waals surface area contributed by atoms with Crippen LogP contribution in [0.1, 0.15) is 55.2 Å². The number of aliphatic hydroxyl groups is 1. The summed E-state index contributed by atoms with van der Waals surface area (Å²) in [4.78, 5) is 12.5. The van der Waals surface area contributed by atoms with Crippen molar-refractivity contribution >= 4 is 5.91 Å². The number of aliphatic hydroxyl groups excluding tert-OH is 1. The number of hydrogen-bond donors (Lipinski definition) is 2. The molecule has 1 amide bonds. The molecule has 124 valence electrons. The normalized spacial score (nSPS) is 17.7. The van der Waals surface area contributed by atoms with Crippen LogP contribution in [0.2, 0.25) is 0 Å². The number of carbonyl (C=O) groups is 1. The molecule has 1 saturated heterocycles. The van der Waals surface area contributed by atoms with Crippen molar-refractivity contribution in [2.24, 2.45) is 5.92 Å². The lowest BCUT2D eigenvalue weighted by atomic mass is 10.0. The van der Waals surface area contributed by atoms with Gasteiger partial charge in [-0.15, -0.1) is 0 Å². The molecule has 0 aliphatic carbocycles. The summed E-state index contributed by atoms with van der Waals surface area (Å²) in [6.45, 7) is 7.59. The fourth-order valence-corrected chi connectivity index (χ4v) is 2.90. The van der Waals surface area contributed by atoms with E-state index in [4.69, 9.17) is 9.84 Å². The third-order valence-corrected chi connectivity index (χ3v) is 4.39. The van der Waals surface area contributed by atoms with E-state index in [1.807, 2.05) is 25.5 Å². The van der Waals surface area contributed by atoms with Crippen LogP contribution in [0.25, 0.3) is 0 Å². The molecular formula is C16H27N3O3. The third-order valence-electron chi connectivity index (χ3n) is 4.39. The van der Waals surface area contributed by atoms with Gasteiger partial charge in [-0.1, -0.05) is 13.8 Å². The monoisotopic (exact) mass is 309 g/mol. The van der Waals surface area contributed by atoms with Crippen LogP contribution in [0.4, 0.5) is 0 Å². The van der Waals surface area contributed by atoms with E-state index >= 15 is 0 Å². The van der Waals surface area contributed by atoms with Gasteiger partial charge in [-0.3, -0.25) is 9.48 Å². The lowest BCUT2D eigenvalue weighted by Gasteiger charge is -2.24. The summed E-state index contributed by atoms with van der Waals surface area (Å²) in [7, 11) is 0. The lowest BCUT2D eigenvalue weighted by Crippen LogP contribution is -2.39. The van der Waals surface area contributed by atoms with Gasteiger partial charge in [0.25, 0.3) is 5.91 Å². The molecule has 6 heteroatoms. The Balaban J connectivity index is 2.08. The highest BCUT2D eigenvalue weighted by molar-refractivity contribution is 5.95. The Labute approximate surface area is 131 Å². The van der Waals surface area contributed by atoms with Gasteiger partial charge in [-0.25, -0.2) is 0 Å². The zero-order valence-electron chi connectivity index (χ0n) is 13.7. The minimum atomic E-state index is -0.108. The predicted octanol–water partition coefficient (Wildman–Crippen LogP) is 1.68. The van der Waals surface area contributed by atoms with Crippen LogP contribution in [-0.4, -0.2) is 46.7 Å². The lowest BCUT2D eigenvalue weighted by molar-refractivity contribution is 0.0656. The van der Waals surface area contributed by atoms with Crippen molar-refractivity contribution in [3.63, 3.8) is 0 Å².